The van der Waals surface area contributed by atoms with E-state index < -0.39 is 4.92 Å². The summed E-state index contributed by atoms with van der Waals surface area (Å²) in [4.78, 5) is 15.3. The van der Waals surface area contributed by atoms with Crippen molar-refractivity contribution in [2.45, 2.75) is 6.54 Å². The van der Waals surface area contributed by atoms with Crippen molar-refractivity contribution in [2.24, 2.45) is 0 Å². The van der Waals surface area contributed by atoms with Gasteiger partial charge in [-0.3, -0.25) is 10.1 Å². The van der Waals surface area contributed by atoms with Crippen LogP contribution in [0.5, 0.6) is 0 Å². The summed E-state index contributed by atoms with van der Waals surface area (Å²) in [6.45, 7) is 0.446. The van der Waals surface area contributed by atoms with Gasteiger partial charge in [-0.1, -0.05) is 27.5 Å². The minimum atomic E-state index is -0.422. The molecule has 0 radical (unpaired) electrons. The summed E-state index contributed by atoms with van der Waals surface area (Å²) >= 11 is 10.3. The van der Waals surface area contributed by atoms with Crippen LogP contribution in [0.4, 0.5) is 11.4 Å². The molecule has 0 unspecified atom stereocenters. The van der Waals surface area contributed by atoms with Crippen LogP contribution in [-0.2, 0) is 6.54 Å². The maximum Gasteiger partial charge on any atom is 0.292 e. The van der Waals surface area contributed by atoms with Gasteiger partial charge >= 0.3 is 0 Å². The Morgan fingerprint density at radius 3 is 2.94 bits per heavy atom. The maximum absolute atomic E-state index is 10.9. The number of nitro groups is 1. The first kappa shape index (κ1) is 13.3. The second-order valence-corrected chi connectivity index (χ2v) is 5.96. The smallest absolute Gasteiger partial charge is 0.292 e. The van der Waals surface area contributed by atoms with Crippen molar-refractivity contribution in [3.8, 4) is 0 Å². The molecule has 0 fully saturated rings. The van der Waals surface area contributed by atoms with Gasteiger partial charge in [0, 0.05) is 21.6 Å². The Labute approximate surface area is 120 Å². The number of benzene rings is 1. The highest BCUT2D eigenvalue weighted by molar-refractivity contribution is 9.10. The third-order valence-electron chi connectivity index (χ3n) is 2.13. The quantitative estimate of drug-likeness (QED) is 0.668. The molecule has 0 aliphatic rings. The predicted octanol–water partition coefficient (Wildman–Crippen LogP) is 4.08. The lowest BCUT2D eigenvalue weighted by molar-refractivity contribution is -0.384. The molecule has 0 aliphatic heterocycles. The number of nitro benzene ring substituents is 1. The third kappa shape index (κ3) is 3.18. The first-order valence-corrected chi connectivity index (χ1v) is 6.83. The van der Waals surface area contributed by atoms with Crippen molar-refractivity contribution in [2.75, 3.05) is 5.32 Å². The standard InChI is InChI=1S/C10H7BrClN3O2S/c11-6-1-2-9(15(16)17)8(3-6)13-4-7-5-14-10(12)18-7/h1-3,5,13H,4H2. The van der Waals surface area contributed by atoms with E-state index in [1.807, 2.05) is 0 Å². The van der Waals surface area contributed by atoms with E-state index in [4.69, 9.17) is 11.6 Å². The number of hydrogen-bond acceptors (Lipinski definition) is 5. The largest absolute Gasteiger partial charge is 0.375 e. The van der Waals surface area contributed by atoms with Gasteiger partial charge in [0.05, 0.1) is 11.5 Å². The lowest BCUT2D eigenvalue weighted by Crippen LogP contribution is -2.01. The zero-order valence-electron chi connectivity index (χ0n) is 8.89. The van der Waals surface area contributed by atoms with Gasteiger partial charge < -0.3 is 5.32 Å². The van der Waals surface area contributed by atoms with Gasteiger partial charge in [0.2, 0.25) is 0 Å². The highest BCUT2D eigenvalue weighted by Gasteiger charge is 2.13. The molecule has 1 N–H and O–H groups in total. The maximum atomic E-state index is 10.9. The first-order valence-electron chi connectivity index (χ1n) is 4.84. The Hall–Kier alpha value is -1.18. The molecule has 18 heavy (non-hydrogen) atoms. The van der Waals surface area contributed by atoms with Crippen LogP contribution >= 0.6 is 38.9 Å². The van der Waals surface area contributed by atoms with Crippen LogP contribution < -0.4 is 5.32 Å². The first-order chi connectivity index (χ1) is 8.56. The van der Waals surface area contributed by atoms with E-state index in [9.17, 15) is 10.1 Å². The van der Waals surface area contributed by atoms with E-state index in [-0.39, 0.29) is 5.69 Å². The summed E-state index contributed by atoms with van der Waals surface area (Å²) in [7, 11) is 0. The predicted molar refractivity (Wildman–Crippen MR) is 75.2 cm³/mol. The van der Waals surface area contributed by atoms with Gasteiger partial charge in [0.25, 0.3) is 5.69 Å². The van der Waals surface area contributed by atoms with Crippen LogP contribution in [0.1, 0.15) is 4.88 Å². The molecule has 0 amide bonds. The van der Waals surface area contributed by atoms with Crippen molar-refractivity contribution >= 4 is 50.2 Å². The Morgan fingerprint density at radius 1 is 1.56 bits per heavy atom. The molecule has 0 atom stereocenters. The van der Waals surface area contributed by atoms with Crippen molar-refractivity contribution in [3.05, 3.63) is 48.3 Å². The number of nitrogens with zero attached hydrogens (tertiary/aromatic N) is 2. The summed E-state index contributed by atoms with van der Waals surface area (Å²) < 4.78 is 1.23. The van der Waals surface area contributed by atoms with Crippen LogP contribution in [0.15, 0.2) is 28.9 Å². The summed E-state index contributed by atoms with van der Waals surface area (Å²) in [5.41, 5.74) is 0.493. The van der Waals surface area contributed by atoms with Gasteiger partial charge in [0.1, 0.15) is 5.69 Å². The Bertz CT molecular complexity index is 590. The zero-order valence-corrected chi connectivity index (χ0v) is 12.1. The molecule has 1 aromatic carbocycles. The van der Waals surface area contributed by atoms with E-state index >= 15 is 0 Å². The molecule has 2 aromatic rings. The number of thiazole rings is 1. The fourth-order valence-corrected chi connectivity index (χ4v) is 2.64. The van der Waals surface area contributed by atoms with Gasteiger partial charge in [0.15, 0.2) is 4.47 Å². The molecule has 0 bridgehead atoms. The van der Waals surface area contributed by atoms with E-state index in [1.54, 1.807) is 18.3 Å². The molecule has 0 aliphatic carbocycles. The monoisotopic (exact) mass is 347 g/mol. The highest BCUT2D eigenvalue weighted by atomic mass is 79.9. The van der Waals surface area contributed by atoms with E-state index in [0.29, 0.717) is 16.7 Å². The topological polar surface area (TPSA) is 68.1 Å². The Morgan fingerprint density at radius 2 is 2.33 bits per heavy atom. The summed E-state index contributed by atoms with van der Waals surface area (Å²) in [6.07, 6.45) is 1.64. The number of aromatic nitrogens is 1. The minimum absolute atomic E-state index is 0.0359. The van der Waals surface area contributed by atoms with E-state index in [2.05, 4.69) is 26.2 Å². The fourth-order valence-electron chi connectivity index (χ4n) is 1.36. The van der Waals surface area contributed by atoms with Crippen LogP contribution in [0.25, 0.3) is 0 Å². The second kappa shape index (κ2) is 5.64. The normalized spacial score (nSPS) is 10.3. The number of hydrogen-bond donors (Lipinski definition) is 1. The van der Waals surface area contributed by atoms with E-state index in [0.717, 1.165) is 9.35 Å². The number of anilines is 1. The lowest BCUT2D eigenvalue weighted by Gasteiger charge is -2.05. The van der Waals surface area contributed by atoms with Crippen LogP contribution in [-0.4, -0.2) is 9.91 Å². The van der Waals surface area contributed by atoms with Gasteiger partial charge in [-0.05, 0) is 12.1 Å². The molecule has 94 valence electrons. The summed E-state index contributed by atoms with van der Waals surface area (Å²) in [5.74, 6) is 0. The Balaban J connectivity index is 2.17. The molecule has 1 heterocycles. The Kier molecular flexibility index (Phi) is 4.15. The lowest BCUT2D eigenvalue weighted by atomic mass is 10.2. The van der Waals surface area contributed by atoms with Crippen LogP contribution in [0.3, 0.4) is 0 Å². The number of nitrogens with one attached hydrogen (secondary N) is 1. The second-order valence-electron chi connectivity index (χ2n) is 3.35. The molecule has 0 saturated carbocycles. The van der Waals surface area contributed by atoms with Crippen LogP contribution in [0, 0.1) is 10.1 Å². The van der Waals surface area contributed by atoms with Gasteiger partial charge in [-0.2, -0.15) is 0 Å². The van der Waals surface area contributed by atoms with Crippen molar-refractivity contribution < 1.29 is 4.92 Å². The van der Waals surface area contributed by atoms with Crippen molar-refractivity contribution in [1.82, 2.24) is 4.98 Å². The molecule has 0 spiro atoms. The highest BCUT2D eigenvalue weighted by Crippen LogP contribution is 2.29. The number of rotatable bonds is 4. The van der Waals surface area contributed by atoms with Gasteiger partial charge in [-0.25, -0.2) is 4.98 Å². The van der Waals surface area contributed by atoms with E-state index in [1.165, 1.54) is 17.4 Å². The minimum Gasteiger partial charge on any atom is -0.375 e. The van der Waals surface area contributed by atoms with Gasteiger partial charge in [-0.15, -0.1) is 11.3 Å². The summed E-state index contributed by atoms with van der Waals surface area (Å²) in [6, 6.07) is 4.75. The molecule has 2 rings (SSSR count). The SMILES string of the molecule is O=[N+]([O-])c1ccc(Br)cc1NCc1cnc(Cl)s1. The molecule has 8 heteroatoms. The molecule has 0 saturated heterocycles. The average molecular weight is 349 g/mol. The fraction of sp³-hybridized carbons (Fsp3) is 0.100. The average Bonchev–Trinajstić information content (AvgIpc) is 2.72. The summed E-state index contributed by atoms with van der Waals surface area (Å²) in [5, 5.41) is 13.9. The van der Waals surface area contributed by atoms with Crippen molar-refractivity contribution in [1.29, 1.82) is 0 Å². The van der Waals surface area contributed by atoms with Crippen molar-refractivity contribution in [3.63, 3.8) is 0 Å². The molecule has 5 nitrogen and oxygen atoms in total. The molecular weight excluding hydrogens is 342 g/mol. The zero-order chi connectivity index (χ0) is 13.1. The number of halogens is 2. The third-order valence-corrected chi connectivity index (χ3v) is 3.74. The van der Waals surface area contributed by atoms with Crippen LogP contribution in [0.2, 0.25) is 4.47 Å². The molecular formula is C10H7BrClN3O2S. The molecule has 1 aromatic heterocycles.